The van der Waals surface area contributed by atoms with E-state index in [-0.39, 0.29) is 0 Å². The second-order valence-corrected chi connectivity index (χ2v) is 5.71. The molecule has 0 aromatic heterocycles. The molecule has 0 unspecified atom stereocenters. The second kappa shape index (κ2) is 10.3. The fourth-order valence-corrected chi connectivity index (χ4v) is 3.21. The molecule has 0 fully saturated rings. The van der Waals surface area contributed by atoms with E-state index in [9.17, 15) is 0 Å². The highest BCUT2D eigenvalue weighted by Crippen LogP contribution is 2.24. The van der Waals surface area contributed by atoms with Crippen molar-refractivity contribution in [2.45, 2.75) is 31.3 Å². The van der Waals surface area contributed by atoms with Crippen LogP contribution in [0.1, 0.15) is 26.7 Å². The Kier molecular flexibility index (Phi) is 10.4. The number of rotatable bonds is 8. The van der Waals surface area contributed by atoms with Gasteiger partial charge in [0.1, 0.15) is 0 Å². The number of thioether (sulfide) groups is 2. The van der Waals surface area contributed by atoms with Crippen LogP contribution >= 0.6 is 23.5 Å². The lowest BCUT2D eigenvalue weighted by Gasteiger charge is -2.08. The summed E-state index contributed by atoms with van der Waals surface area (Å²) in [5.74, 6) is 2.40. The number of hydrogen-bond donors (Lipinski definition) is 0. The first-order valence-corrected chi connectivity index (χ1v) is 6.95. The van der Waals surface area contributed by atoms with Crippen molar-refractivity contribution in [1.29, 1.82) is 0 Å². The summed E-state index contributed by atoms with van der Waals surface area (Å²) >= 11 is 4.02. The van der Waals surface area contributed by atoms with Gasteiger partial charge in [-0.05, 0) is 24.3 Å². The van der Waals surface area contributed by atoms with Gasteiger partial charge in [-0.25, -0.2) is 0 Å². The monoisotopic (exact) mass is 216 g/mol. The smallest absolute Gasteiger partial charge is 0.0681 e. The maximum Gasteiger partial charge on any atom is 0.0681 e. The van der Waals surface area contributed by atoms with Gasteiger partial charge in [0.2, 0.25) is 0 Å². The summed E-state index contributed by atoms with van der Waals surface area (Å²) in [6.45, 7) is 8.13. The van der Waals surface area contributed by atoms with Gasteiger partial charge < -0.3 is 0 Å². The van der Waals surface area contributed by atoms with Crippen LogP contribution in [0.3, 0.4) is 0 Å². The molecule has 0 bridgehead atoms. The molecule has 0 aliphatic carbocycles. The van der Waals surface area contributed by atoms with Crippen molar-refractivity contribution in [1.82, 2.24) is 0 Å². The number of allylic oxidation sites excluding steroid dienone is 2. The fraction of sp³-hybridized carbons (Fsp3) is 0.636. The van der Waals surface area contributed by atoms with Crippen molar-refractivity contribution in [2.75, 3.05) is 11.5 Å². The third-order valence-corrected chi connectivity index (χ3v) is 3.95. The van der Waals surface area contributed by atoms with Crippen molar-refractivity contribution in [3.8, 4) is 0 Å². The Balaban J connectivity index is 3.64. The van der Waals surface area contributed by atoms with Crippen molar-refractivity contribution in [3.63, 3.8) is 0 Å². The van der Waals surface area contributed by atoms with Crippen LogP contribution < -0.4 is 0 Å². The van der Waals surface area contributed by atoms with Gasteiger partial charge in [0.05, 0.1) is 4.58 Å². The molecule has 13 heavy (non-hydrogen) atoms. The molecule has 0 atom stereocenters. The summed E-state index contributed by atoms with van der Waals surface area (Å²) in [6, 6.07) is 0. The highest BCUT2D eigenvalue weighted by molar-refractivity contribution is 8.17. The Morgan fingerprint density at radius 2 is 1.77 bits per heavy atom. The molecule has 0 aromatic carbocycles. The predicted molar refractivity (Wildman–Crippen MR) is 68.6 cm³/mol. The van der Waals surface area contributed by atoms with Crippen molar-refractivity contribution >= 4 is 23.5 Å². The molecule has 0 rings (SSSR count). The van der Waals surface area contributed by atoms with Crippen LogP contribution in [0.4, 0.5) is 0 Å². The highest BCUT2D eigenvalue weighted by atomic mass is 32.2. The molecule has 0 radical (unpaired) electrons. The summed E-state index contributed by atoms with van der Waals surface area (Å²) in [4.78, 5) is 0. The van der Waals surface area contributed by atoms with Crippen molar-refractivity contribution < 1.29 is 0 Å². The fourth-order valence-electron chi connectivity index (χ4n) is 0.909. The first kappa shape index (κ1) is 13.2. The van der Waals surface area contributed by atoms with Crippen LogP contribution in [0.5, 0.6) is 0 Å². The number of hydrogen-bond acceptors (Lipinski definition) is 2. The van der Waals surface area contributed by atoms with Crippen LogP contribution in [-0.4, -0.2) is 16.1 Å². The van der Waals surface area contributed by atoms with E-state index in [0.717, 1.165) is 12.8 Å². The molecule has 0 heterocycles. The van der Waals surface area contributed by atoms with Gasteiger partial charge in [0.15, 0.2) is 0 Å². The molecular weight excluding hydrogens is 196 g/mol. The Hall–Kier alpha value is 0.180. The standard InChI is InChI=1S/C11H20S2/c1-4-7-8-9-10-11(12-5-2)13-6-3/h4,9-11H,1,5-8H2,2-3H3/b10-9+. The van der Waals surface area contributed by atoms with Gasteiger partial charge in [0.25, 0.3) is 0 Å². The lowest BCUT2D eigenvalue weighted by atomic mass is 10.3. The van der Waals surface area contributed by atoms with E-state index in [1.54, 1.807) is 0 Å². The van der Waals surface area contributed by atoms with Crippen LogP contribution in [0.2, 0.25) is 0 Å². The maximum atomic E-state index is 3.71. The Morgan fingerprint density at radius 3 is 2.23 bits per heavy atom. The molecule has 0 spiro atoms. The predicted octanol–water partition coefficient (Wildman–Crippen LogP) is 4.34. The molecule has 76 valence electrons. The summed E-state index contributed by atoms with van der Waals surface area (Å²) in [6.07, 6.45) is 8.80. The van der Waals surface area contributed by atoms with Crippen molar-refractivity contribution in [3.05, 3.63) is 24.8 Å². The summed E-state index contributed by atoms with van der Waals surface area (Å²) in [7, 11) is 0. The summed E-state index contributed by atoms with van der Waals surface area (Å²) in [5, 5.41) is 0. The number of unbranched alkanes of at least 4 members (excludes halogenated alkanes) is 1. The minimum absolute atomic E-state index is 0.653. The van der Waals surface area contributed by atoms with Gasteiger partial charge in [-0.1, -0.05) is 32.1 Å². The Labute approximate surface area is 91.3 Å². The van der Waals surface area contributed by atoms with E-state index in [1.165, 1.54) is 11.5 Å². The molecule has 0 saturated carbocycles. The quantitative estimate of drug-likeness (QED) is 0.336. The van der Waals surface area contributed by atoms with E-state index in [4.69, 9.17) is 0 Å². The lowest BCUT2D eigenvalue weighted by Crippen LogP contribution is -1.92. The molecular formula is C11H20S2. The van der Waals surface area contributed by atoms with Gasteiger partial charge in [-0.15, -0.1) is 30.1 Å². The second-order valence-electron chi connectivity index (χ2n) is 2.57. The molecule has 0 saturated heterocycles. The van der Waals surface area contributed by atoms with Crippen LogP contribution in [0.25, 0.3) is 0 Å². The van der Waals surface area contributed by atoms with Crippen LogP contribution in [0, 0.1) is 0 Å². The first-order chi connectivity index (χ1) is 6.35. The largest absolute Gasteiger partial charge is 0.144 e. The third kappa shape index (κ3) is 8.51. The minimum Gasteiger partial charge on any atom is -0.144 e. The van der Waals surface area contributed by atoms with Gasteiger partial charge >= 0.3 is 0 Å². The van der Waals surface area contributed by atoms with E-state index < -0.39 is 0 Å². The van der Waals surface area contributed by atoms with Crippen LogP contribution in [-0.2, 0) is 0 Å². The summed E-state index contributed by atoms with van der Waals surface area (Å²) < 4.78 is 0.653. The Bertz CT molecular complexity index is 135. The van der Waals surface area contributed by atoms with Crippen molar-refractivity contribution in [2.24, 2.45) is 0 Å². The molecule has 0 aliphatic rings. The lowest BCUT2D eigenvalue weighted by molar-refractivity contribution is 1.05. The normalized spacial score (nSPS) is 11.3. The zero-order chi connectivity index (χ0) is 9.94. The third-order valence-electron chi connectivity index (χ3n) is 1.49. The Morgan fingerprint density at radius 1 is 1.15 bits per heavy atom. The maximum absolute atomic E-state index is 3.71. The van der Waals surface area contributed by atoms with Gasteiger partial charge in [-0.3, -0.25) is 0 Å². The zero-order valence-electron chi connectivity index (χ0n) is 8.66. The highest BCUT2D eigenvalue weighted by Gasteiger charge is 2.01. The SMILES string of the molecule is C=CCC/C=C/C(SCC)SCC. The van der Waals surface area contributed by atoms with E-state index in [0.29, 0.717) is 4.58 Å². The van der Waals surface area contributed by atoms with Crippen LogP contribution in [0.15, 0.2) is 24.8 Å². The topological polar surface area (TPSA) is 0 Å². The molecule has 0 amide bonds. The molecule has 0 aliphatic heterocycles. The van der Waals surface area contributed by atoms with E-state index >= 15 is 0 Å². The van der Waals surface area contributed by atoms with Gasteiger partial charge in [-0.2, -0.15) is 0 Å². The molecule has 0 nitrogen and oxygen atoms in total. The van der Waals surface area contributed by atoms with E-state index in [2.05, 4.69) is 32.6 Å². The molecule has 0 N–H and O–H groups in total. The van der Waals surface area contributed by atoms with Gasteiger partial charge in [0, 0.05) is 0 Å². The average Bonchev–Trinajstić information content (AvgIpc) is 2.13. The summed E-state index contributed by atoms with van der Waals surface area (Å²) in [5.41, 5.74) is 0. The zero-order valence-corrected chi connectivity index (χ0v) is 10.3. The molecule has 2 heteroatoms. The first-order valence-electron chi connectivity index (χ1n) is 4.85. The minimum atomic E-state index is 0.653. The average molecular weight is 216 g/mol. The molecule has 0 aromatic rings. The van der Waals surface area contributed by atoms with E-state index in [1.807, 2.05) is 29.6 Å².